The van der Waals surface area contributed by atoms with E-state index in [4.69, 9.17) is 0 Å². The Morgan fingerprint density at radius 3 is 2.06 bits per heavy atom. The molecule has 0 aromatic heterocycles. The van der Waals surface area contributed by atoms with Crippen molar-refractivity contribution in [1.29, 1.82) is 0 Å². The van der Waals surface area contributed by atoms with E-state index in [1.54, 1.807) is 0 Å². The zero-order valence-corrected chi connectivity index (χ0v) is 13.8. The van der Waals surface area contributed by atoms with Gasteiger partial charge in [0.05, 0.1) is 0 Å². The van der Waals surface area contributed by atoms with Crippen LogP contribution in [0.4, 0.5) is 0 Å². The van der Waals surface area contributed by atoms with Gasteiger partial charge in [0.25, 0.3) is 0 Å². The summed E-state index contributed by atoms with van der Waals surface area (Å²) in [6.45, 7) is 17.8. The van der Waals surface area contributed by atoms with Crippen molar-refractivity contribution in [3.63, 3.8) is 0 Å². The van der Waals surface area contributed by atoms with Crippen LogP contribution >= 0.6 is 12.6 Å². The highest BCUT2D eigenvalue weighted by Gasteiger charge is 2.30. The summed E-state index contributed by atoms with van der Waals surface area (Å²) < 4.78 is 0. The maximum absolute atomic E-state index is 4.19. The fraction of sp³-hybridized carbons (Fsp3) is 0.647. The second-order valence-corrected chi connectivity index (χ2v) is 7.53. The van der Waals surface area contributed by atoms with Crippen molar-refractivity contribution in [2.24, 2.45) is 16.7 Å². The fourth-order valence-electron chi connectivity index (χ4n) is 2.10. The Balaban J connectivity index is 5.22. The highest BCUT2D eigenvalue weighted by molar-refractivity contribution is 7.80. The summed E-state index contributed by atoms with van der Waals surface area (Å²) in [5.74, 6) is 1.31. The molecule has 0 bridgehead atoms. The van der Waals surface area contributed by atoms with Gasteiger partial charge in [-0.1, -0.05) is 72.4 Å². The van der Waals surface area contributed by atoms with Gasteiger partial charge in [-0.05, 0) is 28.7 Å². The molecule has 1 unspecified atom stereocenters. The van der Waals surface area contributed by atoms with Crippen molar-refractivity contribution in [2.75, 3.05) is 5.75 Å². The highest BCUT2D eigenvalue weighted by atomic mass is 32.1. The molecule has 0 rings (SSSR count). The van der Waals surface area contributed by atoms with Crippen LogP contribution in [0.2, 0.25) is 0 Å². The molecule has 18 heavy (non-hydrogen) atoms. The summed E-state index contributed by atoms with van der Waals surface area (Å²) >= 11 is 4.19. The monoisotopic (exact) mass is 266 g/mol. The summed E-state index contributed by atoms with van der Waals surface area (Å²) in [6, 6.07) is 0. The molecule has 0 heterocycles. The summed E-state index contributed by atoms with van der Waals surface area (Å²) in [6.07, 6.45) is 9.51. The third kappa shape index (κ3) is 7.10. The molecule has 0 aromatic rings. The van der Waals surface area contributed by atoms with Crippen molar-refractivity contribution in [3.8, 4) is 0 Å². The molecule has 0 aliphatic heterocycles. The Hall–Kier alpha value is -0.430. The zero-order valence-electron chi connectivity index (χ0n) is 13.0. The molecular weight excluding hydrogens is 236 g/mol. The van der Waals surface area contributed by atoms with E-state index in [9.17, 15) is 0 Å². The van der Waals surface area contributed by atoms with Gasteiger partial charge in [-0.2, -0.15) is 12.6 Å². The van der Waals surface area contributed by atoms with Crippen molar-refractivity contribution in [2.45, 2.75) is 48.0 Å². The standard InChI is InChI=1S/C17H30S/c1-8-14(11-9-10-12-18)15(17(5,6)7)13-16(2,3)4/h8-11,15,18H,1,12-13H2,2-7H3/b10-9-,14-11+. The lowest BCUT2D eigenvalue weighted by atomic mass is 9.68. The van der Waals surface area contributed by atoms with Crippen LogP contribution in [0.3, 0.4) is 0 Å². The smallest absolute Gasteiger partial charge is 0.00856 e. The van der Waals surface area contributed by atoms with Crippen molar-refractivity contribution in [3.05, 3.63) is 36.5 Å². The molecule has 0 amide bonds. The largest absolute Gasteiger partial charge is 0.175 e. The van der Waals surface area contributed by atoms with Crippen LogP contribution in [0.25, 0.3) is 0 Å². The van der Waals surface area contributed by atoms with Crippen LogP contribution < -0.4 is 0 Å². The topological polar surface area (TPSA) is 0 Å². The Kier molecular flexibility index (Phi) is 7.06. The van der Waals surface area contributed by atoms with E-state index in [0.717, 1.165) is 5.75 Å². The molecule has 0 nitrogen and oxygen atoms in total. The molecule has 0 fully saturated rings. The Morgan fingerprint density at radius 2 is 1.72 bits per heavy atom. The normalized spacial score (nSPS) is 16.1. The molecule has 0 spiro atoms. The third-order valence-electron chi connectivity index (χ3n) is 3.03. The first-order valence-corrected chi connectivity index (χ1v) is 7.35. The second-order valence-electron chi connectivity index (χ2n) is 7.16. The minimum absolute atomic E-state index is 0.252. The van der Waals surface area contributed by atoms with Crippen LogP contribution in [0.15, 0.2) is 36.5 Å². The van der Waals surface area contributed by atoms with Gasteiger partial charge >= 0.3 is 0 Å². The van der Waals surface area contributed by atoms with Gasteiger partial charge in [0.2, 0.25) is 0 Å². The fourth-order valence-corrected chi connectivity index (χ4v) is 2.22. The van der Waals surface area contributed by atoms with Crippen LogP contribution in [0.5, 0.6) is 0 Å². The van der Waals surface area contributed by atoms with Gasteiger partial charge in [0.1, 0.15) is 0 Å². The molecule has 0 saturated carbocycles. The van der Waals surface area contributed by atoms with Gasteiger partial charge < -0.3 is 0 Å². The van der Waals surface area contributed by atoms with E-state index in [1.165, 1.54) is 12.0 Å². The van der Waals surface area contributed by atoms with Crippen LogP contribution in [-0.2, 0) is 0 Å². The quantitative estimate of drug-likeness (QED) is 0.480. The van der Waals surface area contributed by atoms with E-state index in [-0.39, 0.29) is 5.41 Å². The molecule has 0 aliphatic carbocycles. The van der Waals surface area contributed by atoms with Crippen LogP contribution in [0.1, 0.15) is 48.0 Å². The molecule has 0 N–H and O–H groups in total. The lowest BCUT2D eigenvalue weighted by Crippen LogP contribution is -2.26. The van der Waals surface area contributed by atoms with Gasteiger partial charge in [0.15, 0.2) is 0 Å². The van der Waals surface area contributed by atoms with Crippen molar-refractivity contribution < 1.29 is 0 Å². The number of thiol groups is 1. The van der Waals surface area contributed by atoms with E-state index < -0.39 is 0 Å². The third-order valence-corrected chi connectivity index (χ3v) is 3.24. The van der Waals surface area contributed by atoms with E-state index >= 15 is 0 Å². The lowest BCUT2D eigenvalue weighted by Gasteiger charge is -2.36. The maximum atomic E-state index is 4.19. The Bertz CT molecular complexity index is 307. The lowest BCUT2D eigenvalue weighted by molar-refractivity contribution is 0.199. The summed E-state index contributed by atoms with van der Waals surface area (Å²) in [5, 5.41) is 0. The van der Waals surface area contributed by atoms with Gasteiger partial charge in [-0.15, -0.1) is 0 Å². The first kappa shape index (κ1) is 17.6. The van der Waals surface area contributed by atoms with Crippen LogP contribution in [0, 0.1) is 16.7 Å². The first-order chi connectivity index (χ1) is 8.11. The molecule has 1 heteroatoms. The van der Waals surface area contributed by atoms with Crippen LogP contribution in [-0.4, -0.2) is 5.75 Å². The summed E-state index contributed by atoms with van der Waals surface area (Å²) in [7, 11) is 0. The molecule has 0 aromatic carbocycles. The average molecular weight is 266 g/mol. The average Bonchev–Trinajstić information content (AvgIpc) is 2.19. The molecule has 0 saturated heterocycles. The van der Waals surface area contributed by atoms with Crippen molar-refractivity contribution >= 4 is 12.6 Å². The Labute approximate surface area is 120 Å². The predicted octanol–water partition coefficient (Wildman–Crippen LogP) is 5.68. The maximum Gasteiger partial charge on any atom is 0.00856 e. The predicted molar refractivity (Wildman–Crippen MR) is 88.3 cm³/mol. The molecule has 1 atom stereocenters. The summed E-state index contributed by atoms with van der Waals surface area (Å²) in [4.78, 5) is 0. The second kappa shape index (κ2) is 7.23. The van der Waals surface area contributed by atoms with Gasteiger partial charge in [-0.25, -0.2) is 0 Å². The van der Waals surface area contributed by atoms with E-state index in [1.807, 2.05) is 6.08 Å². The van der Waals surface area contributed by atoms with Gasteiger partial charge in [0, 0.05) is 5.75 Å². The SMILES string of the molecule is C=C/C(=C\C=C/CS)C(CC(C)(C)C)C(C)(C)C. The molecule has 0 aliphatic rings. The highest BCUT2D eigenvalue weighted by Crippen LogP contribution is 2.40. The van der Waals surface area contributed by atoms with Gasteiger partial charge in [-0.3, -0.25) is 0 Å². The number of rotatable bonds is 5. The number of hydrogen-bond donors (Lipinski definition) is 1. The Morgan fingerprint density at radius 1 is 1.17 bits per heavy atom. The van der Waals surface area contributed by atoms with E-state index in [2.05, 4.69) is 79.0 Å². The first-order valence-electron chi connectivity index (χ1n) is 6.72. The number of hydrogen-bond acceptors (Lipinski definition) is 1. The minimum atomic E-state index is 0.252. The van der Waals surface area contributed by atoms with Crippen molar-refractivity contribution in [1.82, 2.24) is 0 Å². The molecule has 104 valence electrons. The molecule has 0 radical (unpaired) electrons. The molecular formula is C17H30S. The number of allylic oxidation sites excluding steroid dienone is 4. The minimum Gasteiger partial charge on any atom is -0.175 e. The zero-order chi connectivity index (χ0) is 14.4. The van der Waals surface area contributed by atoms with E-state index in [0.29, 0.717) is 11.3 Å². The summed E-state index contributed by atoms with van der Waals surface area (Å²) in [5.41, 5.74) is 1.91.